The van der Waals surface area contributed by atoms with E-state index in [-0.39, 0.29) is 5.91 Å². The Hall–Kier alpha value is -1.47. The molecule has 0 spiro atoms. The Balaban J connectivity index is 1.84. The predicted molar refractivity (Wildman–Crippen MR) is 118 cm³/mol. The highest BCUT2D eigenvalue weighted by Crippen LogP contribution is 2.31. The lowest BCUT2D eigenvalue weighted by Crippen LogP contribution is -2.34. The Morgan fingerprint density at radius 2 is 1.96 bits per heavy atom. The van der Waals surface area contributed by atoms with Crippen LogP contribution in [-0.4, -0.2) is 43.0 Å². The summed E-state index contributed by atoms with van der Waals surface area (Å²) in [5.41, 5.74) is 2.24. The van der Waals surface area contributed by atoms with Crippen molar-refractivity contribution in [2.75, 3.05) is 32.1 Å². The van der Waals surface area contributed by atoms with Crippen LogP contribution in [0.15, 0.2) is 30.3 Å². The normalized spacial score (nSPS) is 11.4. The summed E-state index contributed by atoms with van der Waals surface area (Å²) in [4.78, 5) is 22.7. The van der Waals surface area contributed by atoms with Crippen molar-refractivity contribution < 1.29 is 4.79 Å². The van der Waals surface area contributed by atoms with E-state index in [0.29, 0.717) is 17.3 Å². The summed E-state index contributed by atoms with van der Waals surface area (Å²) in [5.74, 6) is 0.0713. The number of fused-ring (bicyclic) bond motifs is 1. The Bertz CT molecular complexity index is 919. The molecule has 1 aromatic carbocycles. The van der Waals surface area contributed by atoms with E-state index in [1.807, 2.05) is 31.1 Å². The van der Waals surface area contributed by atoms with Crippen LogP contribution >= 0.6 is 34.3 Å². The molecule has 0 bridgehead atoms. The van der Waals surface area contributed by atoms with Crippen LogP contribution in [0.5, 0.6) is 0 Å². The second-order valence-electron chi connectivity index (χ2n) is 6.74. The average molecular weight is 422 g/mol. The van der Waals surface area contributed by atoms with Crippen molar-refractivity contribution in [1.82, 2.24) is 9.88 Å². The maximum atomic E-state index is 13.0. The van der Waals surface area contributed by atoms with Gasteiger partial charge >= 0.3 is 0 Å². The molecule has 1 amide bonds. The number of hydrogen-bond acceptors (Lipinski definition) is 5. The molecule has 0 atom stereocenters. The summed E-state index contributed by atoms with van der Waals surface area (Å²) in [6.07, 6.45) is 2.25. The molecular formula is C20H24ClN3OS2. The lowest BCUT2D eigenvalue weighted by molar-refractivity contribution is -0.118. The Morgan fingerprint density at radius 3 is 2.63 bits per heavy atom. The third kappa shape index (κ3) is 5.29. The number of thiazole rings is 1. The Morgan fingerprint density at radius 1 is 1.15 bits per heavy atom. The van der Waals surface area contributed by atoms with Crippen molar-refractivity contribution >= 4 is 55.5 Å². The lowest BCUT2D eigenvalue weighted by atomic mass is 10.2. The fraction of sp³-hybridized carbons (Fsp3) is 0.400. The number of benzene rings is 1. The number of rotatable bonds is 8. The zero-order valence-corrected chi connectivity index (χ0v) is 18.3. The highest BCUT2D eigenvalue weighted by Gasteiger charge is 2.20. The molecule has 0 saturated carbocycles. The van der Waals surface area contributed by atoms with Crippen LogP contribution in [-0.2, 0) is 17.6 Å². The number of carbonyl (C=O) groups excluding carboxylic acids is 1. The van der Waals surface area contributed by atoms with Crippen molar-refractivity contribution in [2.24, 2.45) is 0 Å². The van der Waals surface area contributed by atoms with Crippen LogP contribution in [0.25, 0.3) is 10.2 Å². The maximum absolute atomic E-state index is 13.0. The second kappa shape index (κ2) is 9.15. The topological polar surface area (TPSA) is 36.4 Å². The Kier molecular flexibility index (Phi) is 6.87. The lowest BCUT2D eigenvalue weighted by Gasteiger charge is -2.20. The van der Waals surface area contributed by atoms with E-state index in [1.54, 1.807) is 11.3 Å². The van der Waals surface area contributed by atoms with Gasteiger partial charge in [0.25, 0.3) is 0 Å². The van der Waals surface area contributed by atoms with Gasteiger partial charge in [-0.2, -0.15) is 0 Å². The van der Waals surface area contributed by atoms with E-state index in [2.05, 4.69) is 30.0 Å². The first-order chi connectivity index (χ1) is 13.0. The van der Waals surface area contributed by atoms with Gasteiger partial charge in [0.2, 0.25) is 5.91 Å². The molecular weight excluding hydrogens is 398 g/mol. The summed E-state index contributed by atoms with van der Waals surface area (Å²) in [5, 5.41) is 0.782. The molecule has 4 nitrogen and oxygen atoms in total. The zero-order valence-electron chi connectivity index (χ0n) is 15.9. The van der Waals surface area contributed by atoms with Gasteiger partial charge in [-0.05, 0) is 63.3 Å². The van der Waals surface area contributed by atoms with E-state index < -0.39 is 0 Å². The van der Waals surface area contributed by atoms with Gasteiger partial charge in [-0.1, -0.05) is 35.9 Å². The fourth-order valence-electron chi connectivity index (χ4n) is 2.86. The second-order valence-corrected chi connectivity index (χ2v) is 9.55. The minimum absolute atomic E-state index is 0.0713. The number of anilines is 1. The highest BCUT2D eigenvalue weighted by molar-refractivity contribution is 7.22. The van der Waals surface area contributed by atoms with Gasteiger partial charge in [0.15, 0.2) is 5.13 Å². The maximum Gasteiger partial charge on any atom is 0.234 e. The van der Waals surface area contributed by atoms with Crippen molar-refractivity contribution in [3.05, 3.63) is 45.1 Å². The van der Waals surface area contributed by atoms with E-state index in [9.17, 15) is 4.79 Å². The monoisotopic (exact) mass is 421 g/mol. The van der Waals surface area contributed by atoms with Crippen molar-refractivity contribution in [3.8, 4) is 0 Å². The summed E-state index contributed by atoms with van der Waals surface area (Å²) >= 11 is 9.07. The molecule has 3 aromatic rings. The average Bonchev–Trinajstić information content (AvgIpc) is 3.23. The molecule has 7 heteroatoms. The molecule has 0 aliphatic rings. The van der Waals surface area contributed by atoms with Crippen LogP contribution < -0.4 is 4.90 Å². The molecule has 3 rings (SSSR count). The quantitative estimate of drug-likeness (QED) is 0.507. The van der Waals surface area contributed by atoms with Crippen molar-refractivity contribution in [2.45, 2.75) is 26.2 Å². The Labute approximate surface area is 173 Å². The molecule has 2 heterocycles. The number of halogens is 1. The van der Waals surface area contributed by atoms with Gasteiger partial charge in [-0.25, -0.2) is 4.98 Å². The molecule has 0 aliphatic heterocycles. The molecule has 0 N–H and O–H groups in total. The third-order valence-electron chi connectivity index (χ3n) is 4.32. The zero-order chi connectivity index (χ0) is 19.4. The van der Waals surface area contributed by atoms with Crippen LogP contribution in [0.2, 0.25) is 4.34 Å². The number of thiophene rings is 1. The standard InChI is InChI=1S/C20H24ClN3OS2/c1-4-14-6-8-16-17(12-14)27-20(22-16)24(11-5-10-23(2)3)19(25)13-15-7-9-18(21)26-15/h6-9,12H,4-5,10-11,13H2,1-3H3. The number of aryl methyl sites for hydroxylation is 1. The number of aromatic nitrogens is 1. The first-order valence-electron chi connectivity index (χ1n) is 9.05. The van der Waals surface area contributed by atoms with E-state index in [4.69, 9.17) is 16.6 Å². The largest absolute Gasteiger partial charge is 0.309 e. The predicted octanol–water partition coefficient (Wildman–Crippen LogP) is 5.10. The van der Waals surface area contributed by atoms with Gasteiger partial charge in [0.05, 0.1) is 21.0 Å². The summed E-state index contributed by atoms with van der Waals surface area (Å²) in [6.45, 7) is 3.74. The molecule has 2 aromatic heterocycles. The fourth-order valence-corrected chi connectivity index (χ4v) is 5.01. The van der Waals surface area contributed by atoms with Gasteiger partial charge in [0.1, 0.15) is 0 Å². The van der Waals surface area contributed by atoms with E-state index in [0.717, 1.165) is 39.6 Å². The number of amides is 1. The summed E-state index contributed by atoms with van der Waals surface area (Å²) < 4.78 is 1.85. The molecule has 144 valence electrons. The number of carbonyl (C=O) groups is 1. The van der Waals surface area contributed by atoms with Gasteiger partial charge in [-0.15, -0.1) is 11.3 Å². The van der Waals surface area contributed by atoms with Crippen LogP contribution in [0, 0.1) is 0 Å². The molecule has 27 heavy (non-hydrogen) atoms. The molecule has 0 saturated heterocycles. The first-order valence-corrected chi connectivity index (χ1v) is 11.1. The molecule has 0 unspecified atom stereocenters. The first kappa shape index (κ1) is 20.3. The van der Waals surface area contributed by atoms with Crippen LogP contribution in [0.1, 0.15) is 23.8 Å². The van der Waals surface area contributed by atoms with Crippen LogP contribution in [0.3, 0.4) is 0 Å². The van der Waals surface area contributed by atoms with Gasteiger partial charge in [0, 0.05) is 11.4 Å². The number of nitrogens with zero attached hydrogens (tertiary/aromatic N) is 3. The van der Waals surface area contributed by atoms with E-state index >= 15 is 0 Å². The van der Waals surface area contributed by atoms with Gasteiger partial charge in [-0.3, -0.25) is 9.69 Å². The minimum Gasteiger partial charge on any atom is -0.309 e. The number of hydrogen-bond donors (Lipinski definition) is 0. The smallest absolute Gasteiger partial charge is 0.234 e. The molecule has 0 aliphatic carbocycles. The van der Waals surface area contributed by atoms with Gasteiger partial charge < -0.3 is 4.90 Å². The summed E-state index contributed by atoms with van der Waals surface area (Å²) in [6, 6.07) is 10.1. The van der Waals surface area contributed by atoms with Crippen molar-refractivity contribution in [3.63, 3.8) is 0 Å². The molecule has 0 fully saturated rings. The van der Waals surface area contributed by atoms with Crippen molar-refractivity contribution in [1.29, 1.82) is 0 Å². The van der Waals surface area contributed by atoms with Crippen LogP contribution in [0.4, 0.5) is 5.13 Å². The summed E-state index contributed by atoms with van der Waals surface area (Å²) in [7, 11) is 4.09. The van der Waals surface area contributed by atoms with E-state index in [1.165, 1.54) is 16.9 Å². The minimum atomic E-state index is 0.0713. The third-order valence-corrected chi connectivity index (χ3v) is 6.60. The molecule has 0 radical (unpaired) electrons. The highest BCUT2D eigenvalue weighted by atomic mass is 35.5. The SMILES string of the molecule is CCc1ccc2nc(N(CCCN(C)C)C(=O)Cc3ccc(Cl)s3)sc2c1.